The zero-order chi connectivity index (χ0) is 13.7. The fraction of sp³-hybridized carbons (Fsp3) is 0.273. The Morgan fingerprint density at radius 3 is 2.67 bits per heavy atom. The van der Waals surface area contributed by atoms with Crippen LogP contribution in [-0.4, -0.2) is 34.7 Å². The summed E-state index contributed by atoms with van der Waals surface area (Å²) in [5.74, 6) is -2.47. The highest BCUT2D eigenvalue weighted by atomic mass is 35.5. The number of benzene rings is 1. The van der Waals surface area contributed by atoms with E-state index in [0.717, 1.165) is 12.1 Å². The van der Waals surface area contributed by atoms with Crippen molar-refractivity contribution < 1.29 is 24.2 Å². The van der Waals surface area contributed by atoms with Gasteiger partial charge in [0, 0.05) is 13.0 Å². The average Bonchev–Trinajstić information content (AvgIpc) is 2.28. The maximum absolute atomic E-state index is 12.7. The fourth-order valence-corrected chi connectivity index (χ4v) is 1.47. The highest BCUT2D eigenvalue weighted by Crippen LogP contribution is 2.16. The van der Waals surface area contributed by atoms with Crippen molar-refractivity contribution in [2.75, 3.05) is 6.54 Å². The third kappa shape index (κ3) is 3.97. The van der Waals surface area contributed by atoms with Crippen LogP contribution in [0.15, 0.2) is 18.2 Å². The lowest BCUT2D eigenvalue weighted by atomic mass is 10.2. The van der Waals surface area contributed by atoms with Crippen molar-refractivity contribution in [3.63, 3.8) is 0 Å². The molecule has 98 valence electrons. The first kappa shape index (κ1) is 14.4. The van der Waals surface area contributed by atoms with E-state index in [1.165, 1.54) is 6.07 Å². The molecule has 0 fully saturated rings. The molecule has 0 aromatic heterocycles. The molecule has 0 spiro atoms. The molecule has 0 saturated heterocycles. The molecule has 18 heavy (non-hydrogen) atoms. The number of carboxylic acid groups (broad SMARTS) is 1. The van der Waals surface area contributed by atoms with E-state index in [1.54, 1.807) is 0 Å². The van der Waals surface area contributed by atoms with Crippen molar-refractivity contribution in [1.82, 2.24) is 5.32 Å². The van der Waals surface area contributed by atoms with Gasteiger partial charge in [0.05, 0.1) is 10.6 Å². The quantitative estimate of drug-likeness (QED) is 0.749. The summed E-state index contributed by atoms with van der Waals surface area (Å²) < 4.78 is 12.7. The van der Waals surface area contributed by atoms with E-state index < -0.39 is 23.8 Å². The van der Waals surface area contributed by atoms with E-state index in [-0.39, 0.29) is 23.6 Å². The number of amides is 1. The van der Waals surface area contributed by atoms with Gasteiger partial charge in [0.15, 0.2) is 6.10 Å². The molecule has 7 heteroatoms. The van der Waals surface area contributed by atoms with Gasteiger partial charge in [-0.1, -0.05) is 11.6 Å². The lowest BCUT2D eigenvalue weighted by Crippen LogP contribution is -2.30. The number of hydrogen-bond acceptors (Lipinski definition) is 3. The number of aliphatic hydroxyl groups excluding tert-OH is 1. The molecule has 1 amide bonds. The molecule has 1 atom stereocenters. The maximum atomic E-state index is 12.7. The normalized spacial score (nSPS) is 11.9. The molecule has 0 saturated carbocycles. The standard InChI is InChI=1S/C11H11ClFNO4/c12-8-5-6(13)1-2-7(8)10(16)14-4-3-9(15)11(17)18/h1-2,5,9,15H,3-4H2,(H,14,16)(H,17,18)/t9-/m0/s1. The minimum absolute atomic E-state index is 0.0278. The van der Waals surface area contributed by atoms with Crippen molar-refractivity contribution in [1.29, 1.82) is 0 Å². The van der Waals surface area contributed by atoms with Crippen LogP contribution >= 0.6 is 11.6 Å². The molecule has 3 N–H and O–H groups in total. The summed E-state index contributed by atoms with van der Waals surface area (Å²) in [6.45, 7) is -0.0278. The van der Waals surface area contributed by atoms with Crippen molar-refractivity contribution in [3.8, 4) is 0 Å². The van der Waals surface area contributed by atoms with Gasteiger partial charge >= 0.3 is 5.97 Å². The molecule has 5 nitrogen and oxygen atoms in total. The molecule has 0 aliphatic rings. The van der Waals surface area contributed by atoms with Crippen LogP contribution in [-0.2, 0) is 4.79 Å². The van der Waals surface area contributed by atoms with E-state index in [1.807, 2.05) is 0 Å². The van der Waals surface area contributed by atoms with Gasteiger partial charge < -0.3 is 15.5 Å². The van der Waals surface area contributed by atoms with E-state index in [0.29, 0.717) is 0 Å². The Morgan fingerprint density at radius 2 is 2.11 bits per heavy atom. The highest BCUT2D eigenvalue weighted by molar-refractivity contribution is 6.33. The molecule has 0 aliphatic heterocycles. The fourth-order valence-electron chi connectivity index (χ4n) is 1.21. The Balaban J connectivity index is 2.53. The number of carbonyl (C=O) groups is 2. The lowest BCUT2D eigenvalue weighted by Gasteiger charge is -2.08. The summed E-state index contributed by atoms with van der Waals surface area (Å²) in [5.41, 5.74) is 0.0860. The molecule has 1 aromatic rings. The second kappa shape index (κ2) is 6.32. The Hall–Kier alpha value is -1.66. The second-order valence-electron chi connectivity index (χ2n) is 3.52. The Labute approximate surface area is 107 Å². The Kier molecular flexibility index (Phi) is 5.06. The lowest BCUT2D eigenvalue weighted by molar-refractivity contribution is -0.146. The van der Waals surface area contributed by atoms with Gasteiger partial charge in [-0.15, -0.1) is 0 Å². The number of aliphatic hydroxyl groups is 1. The van der Waals surface area contributed by atoms with Crippen LogP contribution in [0.4, 0.5) is 4.39 Å². The summed E-state index contributed by atoms with van der Waals surface area (Å²) in [7, 11) is 0. The number of carboxylic acids is 1. The number of nitrogens with one attached hydrogen (secondary N) is 1. The van der Waals surface area contributed by atoms with Crippen LogP contribution in [0.5, 0.6) is 0 Å². The zero-order valence-electron chi connectivity index (χ0n) is 9.19. The molecule has 1 rings (SSSR count). The average molecular weight is 276 g/mol. The number of carbonyl (C=O) groups excluding carboxylic acids is 1. The molecule has 0 bridgehead atoms. The van der Waals surface area contributed by atoms with Crippen molar-refractivity contribution in [3.05, 3.63) is 34.6 Å². The van der Waals surface area contributed by atoms with Crippen LogP contribution in [0.3, 0.4) is 0 Å². The summed E-state index contributed by atoms with van der Waals surface area (Å²) >= 11 is 5.67. The van der Waals surface area contributed by atoms with Crippen LogP contribution in [0.25, 0.3) is 0 Å². The first-order valence-corrected chi connectivity index (χ1v) is 5.43. The zero-order valence-corrected chi connectivity index (χ0v) is 9.95. The van der Waals surface area contributed by atoms with Gasteiger partial charge in [-0.25, -0.2) is 9.18 Å². The number of aliphatic carboxylic acids is 1. The van der Waals surface area contributed by atoms with E-state index in [4.69, 9.17) is 21.8 Å². The van der Waals surface area contributed by atoms with Crippen LogP contribution in [0.2, 0.25) is 5.02 Å². The van der Waals surface area contributed by atoms with E-state index in [2.05, 4.69) is 5.32 Å². The van der Waals surface area contributed by atoms with Crippen molar-refractivity contribution >= 4 is 23.5 Å². The Morgan fingerprint density at radius 1 is 1.44 bits per heavy atom. The summed E-state index contributed by atoms with van der Waals surface area (Å²) in [5, 5.41) is 19.7. The topological polar surface area (TPSA) is 86.6 Å². The monoisotopic (exact) mass is 275 g/mol. The van der Waals surface area contributed by atoms with Gasteiger partial charge in [0.25, 0.3) is 5.91 Å². The number of halogens is 2. The molecule has 0 heterocycles. The molecule has 0 unspecified atom stereocenters. The summed E-state index contributed by atoms with van der Waals surface area (Å²) in [6.07, 6.45) is -1.66. The van der Waals surface area contributed by atoms with E-state index in [9.17, 15) is 14.0 Å². The second-order valence-corrected chi connectivity index (χ2v) is 3.93. The summed E-state index contributed by atoms with van der Waals surface area (Å²) in [4.78, 5) is 21.9. The van der Waals surface area contributed by atoms with Crippen LogP contribution in [0.1, 0.15) is 16.8 Å². The van der Waals surface area contributed by atoms with Crippen LogP contribution in [0, 0.1) is 5.82 Å². The molecule has 0 radical (unpaired) electrons. The predicted molar refractivity (Wildman–Crippen MR) is 62.0 cm³/mol. The molecular weight excluding hydrogens is 265 g/mol. The van der Waals surface area contributed by atoms with Gasteiger partial charge in [0.2, 0.25) is 0 Å². The van der Waals surface area contributed by atoms with Crippen molar-refractivity contribution in [2.45, 2.75) is 12.5 Å². The van der Waals surface area contributed by atoms with E-state index >= 15 is 0 Å². The third-order valence-electron chi connectivity index (χ3n) is 2.16. The maximum Gasteiger partial charge on any atom is 0.332 e. The van der Waals surface area contributed by atoms with Crippen molar-refractivity contribution in [2.24, 2.45) is 0 Å². The van der Waals surface area contributed by atoms with Crippen LogP contribution < -0.4 is 5.32 Å². The number of hydrogen-bond donors (Lipinski definition) is 3. The Bertz CT molecular complexity index is 466. The minimum atomic E-state index is -1.53. The highest BCUT2D eigenvalue weighted by Gasteiger charge is 2.14. The summed E-state index contributed by atoms with van der Waals surface area (Å²) in [6, 6.07) is 3.32. The molecule has 1 aromatic carbocycles. The smallest absolute Gasteiger partial charge is 0.332 e. The first-order chi connectivity index (χ1) is 8.41. The third-order valence-corrected chi connectivity index (χ3v) is 2.48. The van der Waals surface area contributed by atoms with Gasteiger partial charge in [0.1, 0.15) is 5.82 Å². The SMILES string of the molecule is O=C(NCC[C@H](O)C(=O)O)c1ccc(F)cc1Cl. The largest absolute Gasteiger partial charge is 0.479 e. The first-order valence-electron chi connectivity index (χ1n) is 5.06. The van der Waals surface area contributed by atoms with Gasteiger partial charge in [-0.05, 0) is 18.2 Å². The van der Waals surface area contributed by atoms with Gasteiger partial charge in [-0.2, -0.15) is 0 Å². The predicted octanol–water partition coefficient (Wildman–Crippen LogP) is 1.04. The minimum Gasteiger partial charge on any atom is -0.479 e. The molecular formula is C11H11ClFNO4. The number of rotatable bonds is 5. The molecule has 0 aliphatic carbocycles. The van der Waals surface area contributed by atoms with Gasteiger partial charge in [-0.3, -0.25) is 4.79 Å².